The second kappa shape index (κ2) is 8.57. The Kier molecular flexibility index (Phi) is 5.94. The fourth-order valence-corrected chi connectivity index (χ4v) is 2.77. The predicted octanol–water partition coefficient (Wildman–Crippen LogP) is 4.59. The van der Waals surface area contributed by atoms with Gasteiger partial charge in [0.05, 0.1) is 23.8 Å². The van der Waals surface area contributed by atoms with Gasteiger partial charge >= 0.3 is 0 Å². The summed E-state index contributed by atoms with van der Waals surface area (Å²) in [5, 5.41) is 14.9. The third-order valence-corrected chi connectivity index (χ3v) is 4.33. The molecule has 0 atom stereocenters. The first kappa shape index (κ1) is 20.1. The number of hydrogen-bond donors (Lipinski definition) is 1. The summed E-state index contributed by atoms with van der Waals surface area (Å²) < 4.78 is 10.8. The van der Waals surface area contributed by atoms with E-state index in [1.54, 1.807) is 36.4 Å². The third kappa shape index (κ3) is 4.61. The maximum atomic E-state index is 12.3. The van der Waals surface area contributed by atoms with Gasteiger partial charge in [-0.1, -0.05) is 17.7 Å². The highest BCUT2D eigenvalue weighted by Gasteiger charge is 2.15. The van der Waals surface area contributed by atoms with Crippen molar-refractivity contribution in [3.8, 4) is 17.1 Å². The lowest BCUT2D eigenvalue weighted by Crippen LogP contribution is -2.18. The average molecular weight is 414 g/mol. The Morgan fingerprint density at radius 1 is 1.24 bits per heavy atom. The van der Waals surface area contributed by atoms with Gasteiger partial charge in [-0.25, -0.2) is 5.43 Å². The van der Waals surface area contributed by atoms with Crippen molar-refractivity contribution in [3.05, 3.63) is 80.6 Å². The molecular weight excluding hydrogens is 398 g/mol. The molecule has 0 radical (unpaired) electrons. The molecule has 1 aromatic heterocycles. The van der Waals surface area contributed by atoms with E-state index in [2.05, 4.69) is 10.5 Å². The van der Waals surface area contributed by atoms with E-state index in [1.165, 1.54) is 25.5 Å². The number of furan rings is 1. The van der Waals surface area contributed by atoms with Gasteiger partial charge in [0.15, 0.2) is 0 Å². The summed E-state index contributed by atoms with van der Waals surface area (Å²) >= 11 is 5.82. The van der Waals surface area contributed by atoms with Gasteiger partial charge in [-0.15, -0.1) is 0 Å². The summed E-state index contributed by atoms with van der Waals surface area (Å²) in [6.45, 7) is 1.89. The lowest BCUT2D eigenvalue weighted by Gasteiger charge is -2.07. The average Bonchev–Trinajstić information content (AvgIpc) is 3.16. The number of carbonyl (C=O) groups is 1. The van der Waals surface area contributed by atoms with Crippen LogP contribution in [0.4, 0.5) is 5.69 Å². The standard InChI is InChI=1S/C20H16ClN3O5/c1-12-3-6-15(19(9-12)28-2)20(25)23-22-11-14-5-8-18(29-14)13-4-7-16(21)17(10-13)24(26)27/h3-11H,1-2H3,(H,23,25)/b22-11-. The largest absolute Gasteiger partial charge is 0.496 e. The number of amides is 1. The number of benzene rings is 2. The molecule has 29 heavy (non-hydrogen) atoms. The Hall–Kier alpha value is -3.65. The van der Waals surface area contributed by atoms with Gasteiger partial charge in [0.25, 0.3) is 11.6 Å². The molecule has 1 N–H and O–H groups in total. The number of halogens is 1. The Morgan fingerprint density at radius 2 is 2.03 bits per heavy atom. The molecule has 0 saturated carbocycles. The maximum Gasteiger partial charge on any atom is 0.288 e. The van der Waals surface area contributed by atoms with Crippen molar-refractivity contribution in [2.24, 2.45) is 5.10 Å². The van der Waals surface area contributed by atoms with E-state index < -0.39 is 10.8 Å². The minimum absolute atomic E-state index is 0.0429. The molecule has 2 aromatic carbocycles. The van der Waals surface area contributed by atoms with Crippen molar-refractivity contribution in [1.82, 2.24) is 5.43 Å². The van der Waals surface area contributed by atoms with Gasteiger partial charge in [-0.3, -0.25) is 14.9 Å². The van der Waals surface area contributed by atoms with Crippen molar-refractivity contribution in [1.29, 1.82) is 0 Å². The predicted molar refractivity (Wildman–Crippen MR) is 109 cm³/mol. The van der Waals surface area contributed by atoms with Gasteiger partial charge in [-0.2, -0.15) is 5.10 Å². The Bertz CT molecular complexity index is 1110. The highest BCUT2D eigenvalue weighted by molar-refractivity contribution is 6.32. The van der Waals surface area contributed by atoms with Crippen molar-refractivity contribution < 1.29 is 18.9 Å². The quantitative estimate of drug-likeness (QED) is 0.361. The summed E-state index contributed by atoms with van der Waals surface area (Å²) in [7, 11) is 1.49. The van der Waals surface area contributed by atoms with E-state index in [0.717, 1.165) is 5.56 Å². The van der Waals surface area contributed by atoms with E-state index in [1.807, 2.05) is 6.92 Å². The summed E-state index contributed by atoms with van der Waals surface area (Å²) in [6, 6.07) is 12.8. The Labute approximate surface area is 170 Å². The number of aryl methyl sites for hydroxylation is 1. The highest BCUT2D eigenvalue weighted by atomic mass is 35.5. The van der Waals surface area contributed by atoms with Crippen LogP contribution in [-0.4, -0.2) is 24.2 Å². The first-order valence-corrected chi connectivity index (χ1v) is 8.79. The van der Waals surface area contributed by atoms with Gasteiger partial charge < -0.3 is 9.15 Å². The molecule has 0 spiro atoms. The van der Waals surface area contributed by atoms with E-state index in [-0.39, 0.29) is 10.7 Å². The van der Waals surface area contributed by atoms with Gasteiger partial charge in [-0.05, 0) is 48.9 Å². The third-order valence-electron chi connectivity index (χ3n) is 4.01. The number of carbonyl (C=O) groups excluding carboxylic acids is 1. The molecule has 0 aliphatic carbocycles. The molecule has 0 aliphatic rings. The number of nitro benzene ring substituents is 1. The van der Waals surface area contributed by atoms with E-state index >= 15 is 0 Å². The van der Waals surface area contributed by atoms with E-state index in [9.17, 15) is 14.9 Å². The normalized spacial score (nSPS) is 10.9. The Balaban J connectivity index is 1.72. The van der Waals surface area contributed by atoms with Crippen molar-refractivity contribution >= 4 is 29.4 Å². The van der Waals surface area contributed by atoms with Gasteiger partial charge in [0, 0.05) is 11.6 Å². The minimum Gasteiger partial charge on any atom is -0.496 e. The maximum absolute atomic E-state index is 12.3. The summed E-state index contributed by atoms with van der Waals surface area (Å²) in [5.41, 5.74) is 4.00. The SMILES string of the molecule is COc1cc(C)ccc1C(=O)N/N=C\c1ccc(-c2ccc(Cl)c([N+](=O)[O-])c2)o1. The van der Waals surface area contributed by atoms with Crippen LogP contribution in [-0.2, 0) is 0 Å². The summed E-state index contributed by atoms with van der Waals surface area (Å²) in [6.07, 6.45) is 1.33. The van der Waals surface area contributed by atoms with Crippen LogP contribution in [0.3, 0.4) is 0 Å². The minimum atomic E-state index is -0.563. The van der Waals surface area contributed by atoms with Crippen LogP contribution in [0.25, 0.3) is 11.3 Å². The number of methoxy groups -OCH3 is 1. The van der Waals surface area contributed by atoms with E-state index in [0.29, 0.717) is 28.4 Å². The lowest BCUT2D eigenvalue weighted by atomic mass is 10.1. The first-order valence-electron chi connectivity index (χ1n) is 8.41. The smallest absolute Gasteiger partial charge is 0.288 e. The molecule has 0 unspecified atom stereocenters. The lowest BCUT2D eigenvalue weighted by molar-refractivity contribution is -0.384. The molecule has 9 heteroatoms. The zero-order valence-corrected chi connectivity index (χ0v) is 16.3. The van der Waals surface area contributed by atoms with Gasteiger partial charge in [0.2, 0.25) is 0 Å². The molecule has 0 fully saturated rings. The molecule has 3 aromatic rings. The van der Waals surface area contributed by atoms with Crippen LogP contribution in [0, 0.1) is 17.0 Å². The molecule has 148 valence electrons. The summed E-state index contributed by atoms with van der Waals surface area (Å²) in [4.78, 5) is 22.7. The number of nitrogens with zero attached hydrogens (tertiary/aromatic N) is 2. The number of hydrogen-bond acceptors (Lipinski definition) is 6. The van der Waals surface area contributed by atoms with Crippen molar-refractivity contribution in [3.63, 3.8) is 0 Å². The number of nitro groups is 1. The fourth-order valence-electron chi connectivity index (χ4n) is 2.58. The highest BCUT2D eigenvalue weighted by Crippen LogP contribution is 2.31. The van der Waals surface area contributed by atoms with Crippen LogP contribution < -0.4 is 10.2 Å². The summed E-state index contributed by atoms with van der Waals surface area (Å²) in [5.74, 6) is 0.770. The zero-order valence-electron chi connectivity index (χ0n) is 15.5. The molecule has 3 rings (SSSR count). The zero-order chi connectivity index (χ0) is 21.0. The van der Waals surface area contributed by atoms with Crippen LogP contribution in [0.5, 0.6) is 5.75 Å². The number of nitrogens with one attached hydrogen (secondary N) is 1. The van der Waals surface area contributed by atoms with Crippen LogP contribution in [0.1, 0.15) is 21.7 Å². The van der Waals surface area contributed by atoms with E-state index in [4.69, 9.17) is 20.8 Å². The molecule has 8 nitrogen and oxygen atoms in total. The molecule has 0 saturated heterocycles. The fraction of sp³-hybridized carbons (Fsp3) is 0.100. The first-order chi connectivity index (χ1) is 13.9. The molecule has 0 bridgehead atoms. The number of ether oxygens (including phenoxy) is 1. The van der Waals surface area contributed by atoms with Crippen molar-refractivity contribution in [2.75, 3.05) is 7.11 Å². The second-order valence-corrected chi connectivity index (χ2v) is 6.44. The molecule has 1 amide bonds. The number of hydrazone groups is 1. The Morgan fingerprint density at radius 3 is 2.76 bits per heavy atom. The topological polar surface area (TPSA) is 107 Å². The molecular formula is C20H16ClN3O5. The number of rotatable bonds is 6. The van der Waals surface area contributed by atoms with Crippen LogP contribution >= 0.6 is 11.6 Å². The van der Waals surface area contributed by atoms with Crippen LogP contribution in [0.2, 0.25) is 5.02 Å². The second-order valence-electron chi connectivity index (χ2n) is 6.03. The van der Waals surface area contributed by atoms with Gasteiger partial charge in [0.1, 0.15) is 22.3 Å². The van der Waals surface area contributed by atoms with Crippen molar-refractivity contribution in [2.45, 2.75) is 6.92 Å². The monoisotopic (exact) mass is 413 g/mol. The van der Waals surface area contributed by atoms with Crippen LogP contribution in [0.15, 0.2) is 58.0 Å². The molecule has 1 heterocycles. The molecule has 0 aliphatic heterocycles.